The zero-order valence-corrected chi connectivity index (χ0v) is 41.5. The largest absolute Gasteiger partial charge is 0.355 e. The second-order valence-corrected chi connectivity index (χ2v) is 20.5. The van der Waals surface area contributed by atoms with Crippen molar-refractivity contribution in [1.29, 1.82) is 0 Å². The van der Waals surface area contributed by atoms with E-state index < -0.39 is 10.8 Å². The van der Waals surface area contributed by atoms with Crippen molar-refractivity contribution in [2.24, 2.45) is 0 Å². The minimum absolute atomic E-state index is 0.484. The van der Waals surface area contributed by atoms with Crippen molar-refractivity contribution < 1.29 is 0 Å². The third-order valence-corrected chi connectivity index (χ3v) is 16.6. The van der Waals surface area contributed by atoms with Crippen LogP contribution in [0.25, 0.3) is 54.6 Å². The van der Waals surface area contributed by atoms with Gasteiger partial charge in [-0.25, -0.2) is 0 Å². The summed E-state index contributed by atoms with van der Waals surface area (Å²) in [6.45, 7) is 2.19. The van der Waals surface area contributed by atoms with E-state index in [1.165, 1.54) is 105 Å². The molecule has 0 saturated heterocycles. The number of aryl methyl sites for hydroxylation is 1. The van der Waals surface area contributed by atoms with E-state index in [9.17, 15) is 0 Å². The average molecular weight is 955 g/mol. The van der Waals surface area contributed by atoms with E-state index in [1.807, 2.05) is 0 Å². The van der Waals surface area contributed by atoms with E-state index >= 15 is 0 Å². The number of benzene rings is 13. The molecular formula is C73H50N2. The van der Waals surface area contributed by atoms with Crippen LogP contribution < -0.4 is 10.2 Å². The highest BCUT2D eigenvalue weighted by molar-refractivity contribution is 6.28. The molecule has 1 N–H and O–H groups in total. The zero-order valence-electron chi connectivity index (χ0n) is 41.5. The van der Waals surface area contributed by atoms with Crippen LogP contribution in [0.1, 0.15) is 50.1 Å². The lowest BCUT2D eigenvalue weighted by atomic mass is 9.67. The second kappa shape index (κ2) is 16.8. The monoisotopic (exact) mass is 954 g/mol. The van der Waals surface area contributed by atoms with E-state index in [0.29, 0.717) is 0 Å². The van der Waals surface area contributed by atoms with Crippen LogP contribution in [0.3, 0.4) is 0 Å². The number of rotatable bonds is 9. The van der Waals surface area contributed by atoms with Gasteiger partial charge in [0.2, 0.25) is 0 Å². The van der Waals surface area contributed by atoms with Gasteiger partial charge < -0.3 is 10.2 Å². The molecule has 15 rings (SSSR count). The van der Waals surface area contributed by atoms with Gasteiger partial charge in [-0.15, -0.1) is 0 Å². The van der Waals surface area contributed by atoms with E-state index in [1.54, 1.807) is 0 Å². The van der Waals surface area contributed by atoms with Crippen LogP contribution in [0.15, 0.2) is 279 Å². The predicted molar refractivity (Wildman–Crippen MR) is 314 cm³/mol. The van der Waals surface area contributed by atoms with Crippen LogP contribution in [0, 0.1) is 6.92 Å². The lowest BCUT2D eigenvalue weighted by Crippen LogP contribution is -2.28. The third-order valence-electron chi connectivity index (χ3n) is 16.6. The molecule has 13 aromatic rings. The van der Waals surface area contributed by atoms with Crippen molar-refractivity contribution in [2.75, 3.05) is 10.2 Å². The van der Waals surface area contributed by atoms with E-state index in [4.69, 9.17) is 0 Å². The van der Waals surface area contributed by atoms with Gasteiger partial charge in [0.05, 0.1) is 16.5 Å². The van der Waals surface area contributed by atoms with Crippen molar-refractivity contribution in [2.45, 2.75) is 17.8 Å². The molecule has 0 atom stereocenters. The van der Waals surface area contributed by atoms with Crippen LogP contribution in [0.5, 0.6) is 0 Å². The highest BCUT2D eigenvalue weighted by Gasteiger charge is 2.47. The SMILES string of the molecule is Cc1cccc(N(c2cccc(C3(c4ccccc4)c4ccccc4-c4ccccc43)c2)c2ccc3ccc4c(Nc5cccc(C6(c7ccccc7)c7ccccc7-c7ccccc76)c5)ccc5ccc2c3c54)c1. The second-order valence-electron chi connectivity index (χ2n) is 20.5. The summed E-state index contributed by atoms with van der Waals surface area (Å²) in [7, 11) is 0. The van der Waals surface area contributed by atoms with Gasteiger partial charge in [0.15, 0.2) is 0 Å². The number of anilines is 5. The Balaban J connectivity index is 0.893. The first-order valence-corrected chi connectivity index (χ1v) is 26.2. The Morgan fingerprint density at radius 2 is 0.747 bits per heavy atom. The molecule has 2 aliphatic carbocycles. The third kappa shape index (κ3) is 6.27. The summed E-state index contributed by atoms with van der Waals surface area (Å²) >= 11 is 0. The zero-order chi connectivity index (χ0) is 49.7. The summed E-state index contributed by atoms with van der Waals surface area (Å²) in [5, 5.41) is 11.3. The molecule has 0 saturated carbocycles. The number of hydrogen-bond donors (Lipinski definition) is 1. The number of nitrogens with zero attached hydrogens (tertiary/aromatic N) is 1. The molecular weight excluding hydrogens is 905 g/mol. The predicted octanol–water partition coefficient (Wildman–Crippen LogP) is 18.8. The molecule has 0 fully saturated rings. The molecule has 0 heterocycles. The molecule has 2 nitrogen and oxygen atoms in total. The molecule has 0 spiro atoms. The van der Waals surface area contributed by atoms with Gasteiger partial charge in [-0.05, 0) is 149 Å². The Morgan fingerprint density at radius 3 is 1.31 bits per heavy atom. The van der Waals surface area contributed by atoms with Crippen LogP contribution in [-0.4, -0.2) is 0 Å². The normalized spacial score (nSPS) is 13.6. The first-order valence-electron chi connectivity index (χ1n) is 26.2. The van der Waals surface area contributed by atoms with Crippen molar-refractivity contribution in [3.05, 3.63) is 329 Å². The topological polar surface area (TPSA) is 15.3 Å². The lowest BCUT2D eigenvalue weighted by molar-refractivity contribution is 0.768. The lowest BCUT2D eigenvalue weighted by Gasteiger charge is -2.35. The molecule has 0 radical (unpaired) electrons. The average Bonchev–Trinajstić information content (AvgIpc) is 3.97. The van der Waals surface area contributed by atoms with Crippen LogP contribution in [0.4, 0.5) is 28.4 Å². The summed E-state index contributed by atoms with van der Waals surface area (Å²) in [5.41, 5.74) is 21.0. The highest BCUT2D eigenvalue weighted by Crippen LogP contribution is 2.58. The smallest absolute Gasteiger partial charge is 0.0714 e. The molecule has 13 aromatic carbocycles. The number of fused-ring (bicyclic) bond motifs is 6. The Hall–Kier alpha value is -9.50. The van der Waals surface area contributed by atoms with Crippen LogP contribution in [0.2, 0.25) is 0 Å². The molecule has 352 valence electrons. The maximum absolute atomic E-state index is 3.99. The summed E-state index contributed by atoms with van der Waals surface area (Å²) in [6, 6.07) is 104. The fourth-order valence-electron chi connectivity index (χ4n) is 13.6. The maximum Gasteiger partial charge on any atom is 0.0714 e. The molecule has 0 amide bonds. The fourth-order valence-corrected chi connectivity index (χ4v) is 13.6. The molecule has 0 aromatic heterocycles. The molecule has 2 heteroatoms. The van der Waals surface area contributed by atoms with E-state index in [2.05, 4.69) is 296 Å². The van der Waals surface area contributed by atoms with Gasteiger partial charge in [-0.2, -0.15) is 0 Å². The van der Waals surface area contributed by atoms with E-state index in [0.717, 1.165) is 28.4 Å². The molecule has 0 bridgehead atoms. The van der Waals surface area contributed by atoms with Gasteiger partial charge in [-0.3, -0.25) is 0 Å². The molecule has 0 aliphatic heterocycles. The van der Waals surface area contributed by atoms with Gasteiger partial charge in [-0.1, -0.05) is 231 Å². The fraction of sp³-hybridized carbons (Fsp3) is 0.0411. The van der Waals surface area contributed by atoms with Gasteiger partial charge in [0.1, 0.15) is 0 Å². The maximum atomic E-state index is 3.99. The first kappa shape index (κ1) is 43.1. The van der Waals surface area contributed by atoms with Crippen LogP contribution in [-0.2, 0) is 10.8 Å². The van der Waals surface area contributed by atoms with Crippen molar-refractivity contribution in [3.63, 3.8) is 0 Å². The van der Waals surface area contributed by atoms with Crippen molar-refractivity contribution in [3.8, 4) is 22.3 Å². The summed E-state index contributed by atoms with van der Waals surface area (Å²) in [6.07, 6.45) is 0. The quantitative estimate of drug-likeness (QED) is 0.145. The minimum atomic E-state index is -0.525. The Morgan fingerprint density at radius 1 is 0.320 bits per heavy atom. The summed E-state index contributed by atoms with van der Waals surface area (Å²) < 4.78 is 0. The molecule has 2 aliphatic rings. The summed E-state index contributed by atoms with van der Waals surface area (Å²) in [5.74, 6) is 0. The van der Waals surface area contributed by atoms with Gasteiger partial charge >= 0.3 is 0 Å². The number of hydrogen-bond acceptors (Lipinski definition) is 2. The minimum Gasteiger partial charge on any atom is -0.355 e. The highest BCUT2D eigenvalue weighted by atomic mass is 15.1. The molecule has 0 unspecified atom stereocenters. The van der Waals surface area contributed by atoms with Crippen molar-refractivity contribution >= 4 is 60.8 Å². The van der Waals surface area contributed by atoms with Crippen LogP contribution >= 0.6 is 0 Å². The standard InChI is InChI=1S/C73H50N2/c1-48-19-16-27-56(45-48)75(57-28-18-25-54(47-57)73(52-22-6-3-7-23-52)66-35-14-10-31-60(66)61-32-11-15-36-67(61)73)69-44-40-50-37-41-62-68(43-39-49-38-42-63(69)71(50)70(49)62)74-55-26-17-24-53(46-55)72(51-20-4-2-5-21-51)64-33-12-8-29-58(64)59-30-9-13-34-65(59)72/h2-47,74H,1H3. The Labute approximate surface area is 437 Å². The van der Waals surface area contributed by atoms with Gasteiger partial charge in [0, 0.05) is 33.5 Å². The molecule has 75 heavy (non-hydrogen) atoms. The first-order chi connectivity index (χ1) is 37.1. The van der Waals surface area contributed by atoms with E-state index in [-0.39, 0.29) is 0 Å². The Kier molecular flexibility index (Phi) is 9.65. The Bertz CT molecular complexity index is 4270. The number of nitrogens with one attached hydrogen (secondary N) is 1. The van der Waals surface area contributed by atoms with Crippen molar-refractivity contribution in [1.82, 2.24) is 0 Å². The van der Waals surface area contributed by atoms with Gasteiger partial charge in [0.25, 0.3) is 0 Å². The summed E-state index contributed by atoms with van der Waals surface area (Å²) in [4.78, 5) is 2.49.